The van der Waals surface area contributed by atoms with E-state index >= 15 is 0 Å². The van der Waals surface area contributed by atoms with Crippen LogP contribution in [0.3, 0.4) is 0 Å². The van der Waals surface area contributed by atoms with Crippen molar-refractivity contribution in [2.24, 2.45) is 0 Å². The number of likely N-dealkylation sites (tertiary alicyclic amines) is 1. The maximum absolute atomic E-state index is 12.0. The second-order valence-electron chi connectivity index (χ2n) is 7.00. The third-order valence-corrected chi connectivity index (χ3v) is 5.21. The van der Waals surface area contributed by atoms with Gasteiger partial charge in [-0.3, -0.25) is 14.5 Å². The number of imide groups is 1. The molecule has 5 rings (SSSR count). The number of rotatable bonds is 3. The molecule has 1 aliphatic heterocycles. The molecule has 0 saturated carbocycles. The smallest absolute Gasteiger partial charge is 0.229 e. The zero-order chi connectivity index (χ0) is 18.5. The Morgan fingerprint density at radius 3 is 2.37 bits per heavy atom. The Morgan fingerprint density at radius 2 is 1.63 bits per heavy atom. The number of para-hydroxylation sites is 2. The van der Waals surface area contributed by atoms with Crippen molar-refractivity contribution in [2.45, 2.75) is 26.3 Å². The van der Waals surface area contributed by atoms with E-state index in [1.807, 2.05) is 24.3 Å². The minimum absolute atomic E-state index is 0.0897. The van der Waals surface area contributed by atoms with Gasteiger partial charge in [-0.05, 0) is 31.2 Å². The van der Waals surface area contributed by atoms with Crippen LogP contribution in [0.4, 0.5) is 0 Å². The lowest BCUT2D eigenvalue weighted by Crippen LogP contribution is -2.32. The van der Waals surface area contributed by atoms with Gasteiger partial charge in [-0.25, -0.2) is 9.97 Å². The third kappa shape index (κ3) is 2.48. The second kappa shape index (κ2) is 5.87. The van der Waals surface area contributed by atoms with Gasteiger partial charge in [0.15, 0.2) is 5.65 Å². The predicted octanol–water partition coefficient (Wildman–Crippen LogP) is 3.20. The second-order valence-corrected chi connectivity index (χ2v) is 7.00. The van der Waals surface area contributed by atoms with Gasteiger partial charge in [-0.2, -0.15) is 0 Å². The Morgan fingerprint density at radius 1 is 0.926 bits per heavy atom. The first-order valence-electron chi connectivity index (χ1n) is 9.10. The molecule has 0 bridgehead atoms. The number of nitrogens with zero attached hydrogens (tertiary/aromatic N) is 4. The van der Waals surface area contributed by atoms with Gasteiger partial charge in [-0.15, -0.1) is 0 Å². The molecule has 6 nitrogen and oxygen atoms in total. The van der Waals surface area contributed by atoms with Crippen molar-refractivity contribution >= 4 is 44.9 Å². The molecule has 1 aliphatic rings. The maximum Gasteiger partial charge on any atom is 0.229 e. The van der Waals surface area contributed by atoms with Crippen LogP contribution in [-0.2, 0) is 16.1 Å². The number of fused-ring (bicyclic) bond motifs is 4. The van der Waals surface area contributed by atoms with Gasteiger partial charge < -0.3 is 4.57 Å². The van der Waals surface area contributed by atoms with Gasteiger partial charge >= 0.3 is 0 Å². The monoisotopic (exact) mass is 358 g/mol. The van der Waals surface area contributed by atoms with Crippen LogP contribution in [0.2, 0.25) is 0 Å². The summed E-state index contributed by atoms with van der Waals surface area (Å²) >= 11 is 0. The number of amides is 2. The van der Waals surface area contributed by atoms with Crippen molar-refractivity contribution in [2.75, 3.05) is 6.54 Å². The standard InChI is InChI=1S/C21H18N4O2/c1-13-6-7-17-14(12-13)20-21(23-16-5-3-2-4-15(16)22-20)24(17)10-11-25-18(26)8-9-19(25)27/h2-7,12H,8-11H2,1H3. The van der Waals surface area contributed by atoms with Crippen LogP contribution < -0.4 is 0 Å². The molecule has 1 saturated heterocycles. The SMILES string of the molecule is Cc1ccc2c(c1)c1nc3ccccc3nc1n2CCN1C(=O)CCC1=O. The highest BCUT2D eigenvalue weighted by Gasteiger charge is 2.28. The summed E-state index contributed by atoms with van der Waals surface area (Å²) in [5, 5.41) is 1.04. The van der Waals surface area contributed by atoms with E-state index < -0.39 is 0 Å². The largest absolute Gasteiger partial charge is 0.322 e. The highest BCUT2D eigenvalue weighted by molar-refractivity contribution is 6.07. The number of carbonyl (C=O) groups excluding carboxylic acids is 2. The molecular formula is C21H18N4O2. The zero-order valence-corrected chi connectivity index (χ0v) is 15.0. The number of hydrogen-bond acceptors (Lipinski definition) is 4. The molecule has 6 heteroatoms. The lowest BCUT2D eigenvalue weighted by Gasteiger charge is -2.15. The lowest BCUT2D eigenvalue weighted by molar-refractivity contribution is -0.138. The Hall–Kier alpha value is -3.28. The van der Waals surface area contributed by atoms with Crippen LogP contribution in [0.15, 0.2) is 42.5 Å². The number of carbonyl (C=O) groups is 2. The molecule has 0 spiro atoms. The zero-order valence-electron chi connectivity index (χ0n) is 15.0. The first-order valence-corrected chi connectivity index (χ1v) is 9.10. The molecule has 1 fully saturated rings. The summed E-state index contributed by atoms with van der Waals surface area (Å²) in [4.78, 5) is 35.0. The van der Waals surface area contributed by atoms with Gasteiger partial charge in [0.05, 0.1) is 16.6 Å². The van der Waals surface area contributed by atoms with E-state index in [-0.39, 0.29) is 11.8 Å². The average molecular weight is 358 g/mol. The summed E-state index contributed by atoms with van der Waals surface area (Å²) in [5.41, 5.74) is 5.50. The van der Waals surface area contributed by atoms with Crippen LogP contribution in [-0.4, -0.2) is 37.8 Å². The van der Waals surface area contributed by atoms with Gasteiger partial charge in [0.1, 0.15) is 5.52 Å². The summed E-state index contributed by atoms with van der Waals surface area (Å²) in [6, 6.07) is 14.0. The fourth-order valence-electron chi connectivity index (χ4n) is 3.85. The first-order chi connectivity index (χ1) is 13.1. The van der Waals surface area contributed by atoms with Crippen LogP contribution in [0.1, 0.15) is 18.4 Å². The summed E-state index contributed by atoms with van der Waals surface area (Å²) in [6.45, 7) is 2.92. The van der Waals surface area contributed by atoms with Crippen molar-refractivity contribution in [3.05, 3.63) is 48.0 Å². The van der Waals surface area contributed by atoms with E-state index in [2.05, 4.69) is 29.7 Å². The van der Waals surface area contributed by atoms with Gasteiger partial charge in [0.2, 0.25) is 11.8 Å². The molecular weight excluding hydrogens is 340 g/mol. The minimum Gasteiger partial charge on any atom is -0.322 e. The first kappa shape index (κ1) is 15.9. The molecule has 2 amide bonds. The van der Waals surface area contributed by atoms with Crippen LogP contribution >= 0.6 is 0 Å². The van der Waals surface area contributed by atoms with Crippen molar-refractivity contribution in [3.8, 4) is 0 Å². The number of benzene rings is 2. The van der Waals surface area contributed by atoms with E-state index in [9.17, 15) is 9.59 Å². The fourth-order valence-corrected chi connectivity index (χ4v) is 3.85. The number of hydrogen-bond donors (Lipinski definition) is 0. The predicted molar refractivity (Wildman–Crippen MR) is 103 cm³/mol. The van der Waals surface area contributed by atoms with Gasteiger partial charge in [0.25, 0.3) is 0 Å². The molecule has 0 atom stereocenters. The number of aromatic nitrogens is 3. The summed E-state index contributed by atoms with van der Waals surface area (Å²) < 4.78 is 2.07. The number of aryl methyl sites for hydroxylation is 1. The molecule has 2 aromatic carbocycles. The molecule has 3 heterocycles. The molecule has 27 heavy (non-hydrogen) atoms. The van der Waals surface area contributed by atoms with Crippen molar-refractivity contribution < 1.29 is 9.59 Å². The summed E-state index contributed by atoms with van der Waals surface area (Å²) in [6.07, 6.45) is 0.630. The minimum atomic E-state index is -0.0897. The molecule has 0 radical (unpaired) electrons. The van der Waals surface area contributed by atoms with E-state index in [1.54, 1.807) is 0 Å². The Bertz CT molecular complexity index is 1230. The normalized spacial score (nSPS) is 14.9. The summed E-state index contributed by atoms with van der Waals surface area (Å²) in [7, 11) is 0. The fraction of sp³-hybridized carbons (Fsp3) is 0.238. The van der Waals surface area contributed by atoms with E-state index in [1.165, 1.54) is 4.90 Å². The topological polar surface area (TPSA) is 68.1 Å². The molecule has 4 aromatic rings. The highest BCUT2D eigenvalue weighted by atomic mass is 16.2. The van der Waals surface area contributed by atoms with E-state index in [4.69, 9.17) is 9.97 Å². The molecule has 0 N–H and O–H groups in total. The Labute approximate surface area is 155 Å². The lowest BCUT2D eigenvalue weighted by atomic mass is 10.1. The van der Waals surface area contributed by atoms with Crippen LogP contribution in [0.5, 0.6) is 0 Å². The Balaban J connectivity index is 1.70. The van der Waals surface area contributed by atoms with Crippen molar-refractivity contribution in [1.82, 2.24) is 19.4 Å². The quantitative estimate of drug-likeness (QED) is 0.528. The summed E-state index contributed by atoms with van der Waals surface area (Å²) in [5.74, 6) is -0.179. The third-order valence-electron chi connectivity index (χ3n) is 5.21. The van der Waals surface area contributed by atoms with E-state index in [0.717, 1.165) is 38.7 Å². The van der Waals surface area contributed by atoms with E-state index in [0.29, 0.717) is 25.9 Å². The van der Waals surface area contributed by atoms with Crippen LogP contribution in [0.25, 0.3) is 33.1 Å². The maximum atomic E-state index is 12.0. The highest BCUT2D eigenvalue weighted by Crippen LogP contribution is 2.29. The average Bonchev–Trinajstić information content (AvgIpc) is 3.15. The molecule has 2 aromatic heterocycles. The van der Waals surface area contributed by atoms with Crippen molar-refractivity contribution in [1.29, 1.82) is 0 Å². The van der Waals surface area contributed by atoms with Gasteiger partial charge in [-0.1, -0.05) is 23.8 Å². The Kier molecular flexibility index (Phi) is 3.47. The molecule has 0 unspecified atom stereocenters. The van der Waals surface area contributed by atoms with Crippen molar-refractivity contribution in [3.63, 3.8) is 0 Å². The molecule has 0 aliphatic carbocycles. The molecule has 134 valence electrons. The van der Waals surface area contributed by atoms with Crippen LogP contribution in [0, 0.1) is 6.92 Å². The van der Waals surface area contributed by atoms with Gasteiger partial charge in [0, 0.05) is 31.3 Å².